The molecule has 0 rings (SSSR count). The Labute approximate surface area is 134 Å². The maximum Gasteiger partial charge on any atom is 0.0214 e. The van der Waals surface area contributed by atoms with Crippen molar-refractivity contribution in [3.05, 3.63) is 46.6 Å². The summed E-state index contributed by atoms with van der Waals surface area (Å²) >= 11 is 3.51. The maximum atomic E-state index is 3.51. The standard InChI is InChI=1S/C19H31Br/c1-16(2)8-6-9-18(5)10-7-11-19(14-15-20)13-12-17(3)4/h8,10,12,14H,6-7,9,11,13,15H2,1-5H3. The Bertz CT molecular complexity index is 373. The fraction of sp³-hybridized carbons (Fsp3) is 0.579. The first-order valence-corrected chi connectivity index (χ1v) is 8.74. The highest BCUT2D eigenvalue weighted by Crippen LogP contribution is 2.15. The molecule has 0 saturated heterocycles. The quantitative estimate of drug-likeness (QED) is 0.309. The fourth-order valence-corrected chi connectivity index (χ4v) is 2.38. The van der Waals surface area contributed by atoms with Gasteiger partial charge in [0.1, 0.15) is 0 Å². The van der Waals surface area contributed by atoms with Crippen molar-refractivity contribution in [2.75, 3.05) is 5.33 Å². The van der Waals surface area contributed by atoms with E-state index in [1.165, 1.54) is 41.6 Å². The highest BCUT2D eigenvalue weighted by Gasteiger charge is 1.96. The Morgan fingerprint density at radius 2 is 1.35 bits per heavy atom. The van der Waals surface area contributed by atoms with Gasteiger partial charge in [0.2, 0.25) is 0 Å². The van der Waals surface area contributed by atoms with Crippen molar-refractivity contribution in [2.45, 2.75) is 66.7 Å². The van der Waals surface area contributed by atoms with Gasteiger partial charge < -0.3 is 0 Å². The number of alkyl halides is 1. The van der Waals surface area contributed by atoms with Gasteiger partial charge in [-0.25, -0.2) is 0 Å². The van der Waals surface area contributed by atoms with Gasteiger partial charge in [-0.05, 0) is 66.7 Å². The van der Waals surface area contributed by atoms with Crippen LogP contribution in [0.2, 0.25) is 0 Å². The Balaban J connectivity index is 4.18. The van der Waals surface area contributed by atoms with Gasteiger partial charge in [-0.2, -0.15) is 0 Å². The van der Waals surface area contributed by atoms with Crippen molar-refractivity contribution in [3.8, 4) is 0 Å². The third kappa shape index (κ3) is 12.5. The van der Waals surface area contributed by atoms with Crippen molar-refractivity contribution in [3.63, 3.8) is 0 Å². The van der Waals surface area contributed by atoms with Gasteiger partial charge in [0.25, 0.3) is 0 Å². The van der Waals surface area contributed by atoms with E-state index in [9.17, 15) is 0 Å². The predicted molar refractivity (Wildman–Crippen MR) is 97.6 cm³/mol. The molecule has 0 aromatic rings. The Morgan fingerprint density at radius 3 is 1.90 bits per heavy atom. The molecule has 0 fully saturated rings. The Morgan fingerprint density at radius 1 is 0.750 bits per heavy atom. The van der Waals surface area contributed by atoms with Crippen molar-refractivity contribution in [2.24, 2.45) is 0 Å². The molecule has 1 heteroatoms. The van der Waals surface area contributed by atoms with E-state index in [0.29, 0.717) is 0 Å². The van der Waals surface area contributed by atoms with Crippen LogP contribution in [0.15, 0.2) is 46.6 Å². The number of hydrogen-bond donors (Lipinski definition) is 0. The van der Waals surface area contributed by atoms with Crippen LogP contribution in [0, 0.1) is 0 Å². The van der Waals surface area contributed by atoms with Crippen LogP contribution in [-0.2, 0) is 0 Å². The summed E-state index contributed by atoms with van der Waals surface area (Å²) in [6.45, 7) is 10.9. The molecule has 0 aromatic carbocycles. The minimum absolute atomic E-state index is 0.961. The van der Waals surface area contributed by atoms with Gasteiger partial charge in [-0.3, -0.25) is 0 Å². The maximum absolute atomic E-state index is 3.51. The highest BCUT2D eigenvalue weighted by atomic mass is 79.9. The largest absolute Gasteiger partial charge is 0.0883 e. The van der Waals surface area contributed by atoms with Gasteiger partial charge in [0.05, 0.1) is 0 Å². The lowest BCUT2D eigenvalue weighted by Crippen LogP contribution is -1.85. The Hall–Kier alpha value is -0.560. The fourth-order valence-electron chi connectivity index (χ4n) is 1.93. The second kappa shape index (κ2) is 12.2. The summed E-state index contributed by atoms with van der Waals surface area (Å²) in [6, 6.07) is 0. The van der Waals surface area contributed by atoms with Crippen molar-refractivity contribution >= 4 is 15.9 Å². The molecule has 0 amide bonds. The van der Waals surface area contributed by atoms with E-state index < -0.39 is 0 Å². The lowest BCUT2D eigenvalue weighted by atomic mass is 10.0. The molecule has 0 aromatic heterocycles. The average molecular weight is 339 g/mol. The van der Waals surface area contributed by atoms with Crippen molar-refractivity contribution < 1.29 is 0 Å². The van der Waals surface area contributed by atoms with Crippen LogP contribution in [0.25, 0.3) is 0 Å². The van der Waals surface area contributed by atoms with Crippen LogP contribution in [0.3, 0.4) is 0 Å². The molecule has 0 radical (unpaired) electrons. The van der Waals surface area contributed by atoms with Gasteiger partial charge in [-0.15, -0.1) is 0 Å². The lowest BCUT2D eigenvalue weighted by Gasteiger charge is -2.04. The topological polar surface area (TPSA) is 0 Å². The zero-order valence-corrected chi connectivity index (χ0v) is 15.5. The zero-order chi connectivity index (χ0) is 15.4. The third-order valence-corrected chi connectivity index (χ3v) is 3.51. The van der Waals surface area contributed by atoms with E-state index in [1.54, 1.807) is 0 Å². The monoisotopic (exact) mass is 338 g/mol. The summed E-state index contributed by atoms with van der Waals surface area (Å²) in [6.07, 6.45) is 15.2. The van der Waals surface area contributed by atoms with Gasteiger partial charge in [-0.1, -0.05) is 62.5 Å². The van der Waals surface area contributed by atoms with E-state index in [1.807, 2.05) is 0 Å². The smallest absolute Gasteiger partial charge is 0.0214 e. The SMILES string of the molecule is CC(C)=CCCC(C)=CCCC(=CCBr)CC=C(C)C. The van der Waals surface area contributed by atoms with E-state index >= 15 is 0 Å². The second-order valence-corrected chi connectivity index (χ2v) is 6.56. The molecule has 0 heterocycles. The van der Waals surface area contributed by atoms with E-state index in [4.69, 9.17) is 0 Å². The molecular formula is C19H31Br. The van der Waals surface area contributed by atoms with Gasteiger partial charge in [0, 0.05) is 5.33 Å². The molecule has 20 heavy (non-hydrogen) atoms. The van der Waals surface area contributed by atoms with Crippen LogP contribution < -0.4 is 0 Å². The minimum atomic E-state index is 0.961. The van der Waals surface area contributed by atoms with Crippen LogP contribution in [0.1, 0.15) is 66.7 Å². The molecular weight excluding hydrogens is 308 g/mol. The van der Waals surface area contributed by atoms with Crippen molar-refractivity contribution in [1.29, 1.82) is 0 Å². The van der Waals surface area contributed by atoms with Crippen LogP contribution in [-0.4, -0.2) is 5.33 Å². The lowest BCUT2D eigenvalue weighted by molar-refractivity contribution is 0.899. The summed E-state index contributed by atoms with van der Waals surface area (Å²) in [5.74, 6) is 0. The molecule has 0 nitrogen and oxygen atoms in total. The molecule has 0 spiro atoms. The molecule has 0 atom stereocenters. The van der Waals surface area contributed by atoms with Crippen LogP contribution in [0.4, 0.5) is 0 Å². The minimum Gasteiger partial charge on any atom is -0.0883 e. The molecule has 0 N–H and O–H groups in total. The summed E-state index contributed by atoms with van der Waals surface area (Å²) in [5.41, 5.74) is 5.88. The molecule has 0 aliphatic rings. The first-order valence-electron chi connectivity index (χ1n) is 7.62. The number of allylic oxidation sites excluding steroid dienone is 8. The summed E-state index contributed by atoms with van der Waals surface area (Å²) in [4.78, 5) is 0. The first kappa shape index (κ1) is 19.4. The summed E-state index contributed by atoms with van der Waals surface area (Å²) in [5, 5.41) is 0.961. The third-order valence-electron chi connectivity index (χ3n) is 3.19. The molecule has 0 bridgehead atoms. The van der Waals surface area contributed by atoms with Gasteiger partial charge >= 0.3 is 0 Å². The molecule has 0 aliphatic heterocycles. The molecule has 114 valence electrons. The number of hydrogen-bond acceptors (Lipinski definition) is 0. The second-order valence-electron chi connectivity index (χ2n) is 5.91. The predicted octanol–water partition coefficient (Wildman–Crippen LogP) is 7.14. The van der Waals surface area contributed by atoms with Gasteiger partial charge in [0.15, 0.2) is 0 Å². The molecule has 0 aliphatic carbocycles. The Kier molecular flexibility index (Phi) is 11.9. The van der Waals surface area contributed by atoms with Crippen molar-refractivity contribution in [1.82, 2.24) is 0 Å². The molecule has 0 unspecified atom stereocenters. The van der Waals surface area contributed by atoms with E-state index in [2.05, 4.69) is 74.9 Å². The normalized spacial score (nSPS) is 12.3. The van der Waals surface area contributed by atoms with Crippen LogP contribution in [0.5, 0.6) is 0 Å². The van der Waals surface area contributed by atoms with Crippen LogP contribution >= 0.6 is 15.9 Å². The first-order chi connectivity index (χ1) is 9.45. The summed E-state index contributed by atoms with van der Waals surface area (Å²) < 4.78 is 0. The number of halogens is 1. The van der Waals surface area contributed by atoms with E-state index in [0.717, 1.165) is 18.2 Å². The molecule has 0 saturated carbocycles. The highest BCUT2D eigenvalue weighted by molar-refractivity contribution is 9.09. The average Bonchev–Trinajstić information content (AvgIpc) is 2.35. The van der Waals surface area contributed by atoms with E-state index in [-0.39, 0.29) is 0 Å². The number of rotatable bonds is 9. The zero-order valence-electron chi connectivity index (χ0n) is 13.9. The summed E-state index contributed by atoms with van der Waals surface area (Å²) in [7, 11) is 0.